The van der Waals surface area contributed by atoms with Crippen LogP contribution in [0.25, 0.3) is 5.69 Å². The summed E-state index contributed by atoms with van der Waals surface area (Å²) in [6.07, 6.45) is 3.86. The second-order valence-corrected chi connectivity index (χ2v) is 8.44. The van der Waals surface area contributed by atoms with Crippen LogP contribution in [0.1, 0.15) is 34.6 Å². The Labute approximate surface area is 193 Å². The molecule has 2 N–H and O–H groups in total. The zero-order chi connectivity index (χ0) is 22.2. The minimum absolute atomic E-state index is 0.177. The fourth-order valence-electron chi connectivity index (χ4n) is 4.33. The van der Waals surface area contributed by atoms with Crippen LogP contribution in [0.15, 0.2) is 85.2 Å². The van der Waals surface area contributed by atoms with Crippen LogP contribution in [0.3, 0.4) is 0 Å². The van der Waals surface area contributed by atoms with Crippen molar-refractivity contribution in [1.29, 1.82) is 0 Å². The molecule has 2 aromatic heterocycles. The smallest absolute Gasteiger partial charge is 0.174 e. The largest absolute Gasteiger partial charge is 0.506 e. The van der Waals surface area contributed by atoms with Crippen molar-refractivity contribution < 1.29 is 5.11 Å². The molecule has 1 saturated heterocycles. The number of phenols is 1. The number of thiocarbonyl (C=S) groups is 1. The van der Waals surface area contributed by atoms with Gasteiger partial charge in [-0.25, -0.2) is 0 Å². The summed E-state index contributed by atoms with van der Waals surface area (Å²) in [4.78, 5) is 6.61. The van der Waals surface area contributed by atoms with E-state index in [0.29, 0.717) is 10.8 Å². The molecule has 5 nitrogen and oxygen atoms in total. The van der Waals surface area contributed by atoms with Gasteiger partial charge < -0.3 is 19.9 Å². The lowest BCUT2D eigenvalue weighted by Gasteiger charge is -2.29. The molecule has 160 valence electrons. The zero-order valence-corrected chi connectivity index (χ0v) is 18.8. The lowest BCUT2D eigenvalue weighted by molar-refractivity contribution is 0.472. The molecule has 2 aromatic carbocycles. The molecule has 3 heterocycles. The highest BCUT2D eigenvalue weighted by atomic mass is 32.1. The topological polar surface area (TPSA) is 53.3 Å². The third-order valence-corrected chi connectivity index (χ3v) is 6.41. The fraction of sp³-hybridized carbons (Fsp3) is 0.154. The Bertz CT molecular complexity index is 1280. The molecule has 0 spiro atoms. The quantitative estimate of drug-likeness (QED) is 0.418. The molecule has 32 heavy (non-hydrogen) atoms. The van der Waals surface area contributed by atoms with Crippen LogP contribution < -0.4 is 10.2 Å². The van der Waals surface area contributed by atoms with Crippen LogP contribution >= 0.6 is 12.2 Å². The zero-order valence-electron chi connectivity index (χ0n) is 17.9. The number of benzene rings is 2. The van der Waals surface area contributed by atoms with Crippen molar-refractivity contribution in [3.8, 4) is 11.4 Å². The maximum absolute atomic E-state index is 10.7. The molecule has 0 radical (unpaired) electrons. The Hall–Kier alpha value is -3.64. The molecule has 1 fully saturated rings. The highest BCUT2D eigenvalue weighted by Gasteiger charge is 2.42. The second kappa shape index (κ2) is 8.13. The molecule has 0 bridgehead atoms. The highest BCUT2D eigenvalue weighted by molar-refractivity contribution is 7.80. The summed E-state index contributed by atoms with van der Waals surface area (Å²) in [5.41, 5.74) is 6.20. The van der Waals surface area contributed by atoms with E-state index in [-0.39, 0.29) is 17.8 Å². The molecule has 1 aliphatic heterocycles. The summed E-state index contributed by atoms with van der Waals surface area (Å²) in [6.45, 7) is 4.24. The number of pyridine rings is 1. The number of nitrogens with zero attached hydrogens (tertiary/aromatic N) is 3. The third-order valence-electron chi connectivity index (χ3n) is 6.09. The number of nitrogens with one attached hydrogen (secondary N) is 1. The van der Waals surface area contributed by atoms with Crippen molar-refractivity contribution in [2.45, 2.75) is 25.9 Å². The Morgan fingerprint density at radius 3 is 2.50 bits per heavy atom. The van der Waals surface area contributed by atoms with Crippen LogP contribution in [0.2, 0.25) is 0 Å². The summed E-state index contributed by atoms with van der Waals surface area (Å²) >= 11 is 5.77. The van der Waals surface area contributed by atoms with Crippen molar-refractivity contribution in [3.63, 3.8) is 0 Å². The summed E-state index contributed by atoms with van der Waals surface area (Å²) in [5.74, 6) is 0.188. The Kier molecular flexibility index (Phi) is 5.15. The number of aromatic hydroxyl groups is 1. The molecule has 0 saturated carbocycles. The predicted octanol–water partition coefficient (Wildman–Crippen LogP) is 5.37. The van der Waals surface area contributed by atoms with Gasteiger partial charge in [-0.2, -0.15) is 0 Å². The van der Waals surface area contributed by atoms with Gasteiger partial charge in [-0.3, -0.25) is 4.98 Å². The van der Waals surface area contributed by atoms with Gasteiger partial charge in [0.2, 0.25) is 0 Å². The van der Waals surface area contributed by atoms with E-state index in [1.807, 2.05) is 47.4 Å². The van der Waals surface area contributed by atoms with E-state index in [1.165, 1.54) is 11.1 Å². The van der Waals surface area contributed by atoms with Crippen LogP contribution in [0.4, 0.5) is 5.69 Å². The molecule has 2 atom stereocenters. The monoisotopic (exact) mass is 440 g/mol. The van der Waals surface area contributed by atoms with Crippen LogP contribution in [-0.2, 0) is 0 Å². The highest BCUT2D eigenvalue weighted by Crippen LogP contribution is 2.44. The number of para-hydroxylation sites is 2. The van der Waals surface area contributed by atoms with Crippen LogP contribution in [-0.4, -0.2) is 19.8 Å². The second-order valence-electron chi connectivity index (χ2n) is 8.06. The van der Waals surface area contributed by atoms with E-state index in [0.717, 1.165) is 17.1 Å². The first-order valence-corrected chi connectivity index (χ1v) is 11.0. The first kappa shape index (κ1) is 20.3. The lowest BCUT2D eigenvalue weighted by atomic mass is 10.0. The fourth-order valence-corrected chi connectivity index (χ4v) is 4.67. The van der Waals surface area contributed by atoms with E-state index in [2.05, 4.69) is 59.2 Å². The molecule has 0 aliphatic carbocycles. The van der Waals surface area contributed by atoms with Gasteiger partial charge in [0.15, 0.2) is 5.11 Å². The van der Waals surface area contributed by atoms with Gasteiger partial charge >= 0.3 is 0 Å². The molecule has 0 amide bonds. The molecular weight excluding hydrogens is 416 g/mol. The normalized spacial score (nSPS) is 18.1. The van der Waals surface area contributed by atoms with E-state index in [9.17, 15) is 5.11 Å². The summed E-state index contributed by atoms with van der Waals surface area (Å²) < 4.78 is 2.19. The van der Waals surface area contributed by atoms with Gasteiger partial charge in [0, 0.05) is 23.8 Å². The standard InChI is InChI=1S/C26H24N4OS/c1-17-12-13-19(16-18(17)2)29-15-7-10-22(29)25-24(20-8-5-6-14-27-20)28-26(32)30(25)21-9-3-4-11-23(21)31/h3-16,24-25,31H,1-2H3,(H,28,32). The maximum Gasteiger partial charge on any atom is 0.174 e. The Morgan fingerprint density at radius 1 is 0.938 bits per heavy atom. The maximum atomic E-state index is 10.7. The molecule has 1 aliphatic rings. The predicted molar refractivity (Wildman–Crippen MR) is 131 cm³/mol. The number of phenolic OH excluding ortho intramolecular Hbond substituents is 1. The van der Waals surface area contributed by atoms with Gasteiger partial charge in [0.1, 0.15) is 11.8 Å². The SMILES string of the molecule is Cc1ccc(-n2cccc2C2C(c3ccccn3)NC(=S)N2c2ccccc2O)cc1C. The third kappa shape index (κ3) is 3.42. The van der Waals surface area contributed by atoms with Gasteiger partial charge in [-0.1, -0.05) is 24.3 Å². The number of anilines is 1. The van der Waals surface area contributed by atoms with Crippen molar-refractivity contribution >= 4 is 23.0 Å². The first-order chi connectivity index (χ1) is 15.5. The number of rotatable bonds is 4. The van der Waals surface area contributed by atoms with Gasteiger partial charge in [0.05, 0.1) is 17.4 Å². The number of aromatic nitrogens is 2. The van der Waals surface area contributed by atoms with E-state index < -0.39 is 0 Å². The van der Waals surface area contributed by atoms with Gasteiger partial charge in [0.25, 0.3) is 0 Å². The first-order valence-electron chi connectivity index (χ1n) is 10.6. The lowest BCUT2D eigenvalue weighted by Crippen LogP contribution is -2.30. The van der Waals surface area contributed by atoms with Crippen LogP contribution in [0, 0.1) is 13.8 Å². The molecule has 5 rings (SSSR count). The Balaban J connectivity index is 1.69. The summed E-state index contributed by atoms with van der Waals surface area (Å²) in [6, 6.07) is 23.4. The van der Waals surface area contributed by atoms with E-state index in [1.54, 1.807) is 12.3 Å². The molecular formula is C26H24N4OS. The molecule has 6 heteroatoms. The van der Waals surface area contributed by atoms with Crippen molar-refractivity contribution in [2.75, 3.05) is 4.90 Å². The average molecular weight is 441 g/mol. The minimum Gasteiger partial charge on any atom is -0.506 e. The van der Waals surface area contributed by atoms with Crippen molar-refractivity contribution in [1.82, 2.24) is 14.9 Å². The van der Waals surface area contributed by atoms with Gasteiger partial charge in [-0.05, 0) is 85.7 Å². The average Bonchev–Trinajstić information content (AvgIpc) is 3.41. The van der Waals surface area contributed by atoms with E-state index in [4.69, 9.17) is 12.2 Å². The summed E-state index contributed by atoms with van der Waals surface area (Å²) in [5, 5.41) is 14.7. The molecule has 4 aromatic rings. The molecule has 2 unspecified atom stereocenters. The summed E-state index contributed by atoms with van der Waals surface area (Å²) in [7, 11) is 0. The Morgan fingerprint density at radius 2 is 1.75 bits per heavy atom. The van der Waals surface area contributed by atoms with Gasteiger partial charge in [-0.15, -0.1) is 0 Å². The number of aryl methyl sites for hydroxylation is 2. The van der Waals surface area contributed by atoms with Crippen molar-refractivity contribution in [2.24, 2.45) is 0 Å². The minimum atomic E-state index is -0.206. The van der Waals surface area contributed by atoms with E-state index >= 15 is 0 Å². The van der Waals surface area contributed by atoms with Crippen molar-refractivity contribution in [3.05, 3.63) is 108 Å². The van der Waals surface area contributed by atoms with Crippen LogP contribution in [0.5, 0.6) is 5.75 Å². The number of hydrogen-bond acceptors (Lipinski definition) is 3. The number of hydrogen-bond donors (Lipinski definition) is 2.